The Bertz CT molecular complexity index is 1740. The van der Waals surface area contributed by atoms with Gasteiger partial charge in [-0.3, -0.25) is 0 Å². The average Bonchev–Trinajstić information content (AvgIpc) is 2.87. The molecule has 6 rings (SSSR count). The fraction of sp³-hybridized carbons (Fsp3) is 0.118. The van der Waals surface area contributed by atoms with Crippen LogP contribution in [-0.4, -0.2) is 0 Å². The van der Waals surface area contributed by atoms with Crippen molar-refractivity contribution in [2.24, 2.45) is 0 Å². The molecule has 0 atom stereocenters. The molecule has 0 bridgehead atoms. The zero-order valence-corrected chi connectivity index (χ0v) is 21.9. The standard InChI is InChI=1S/C34H27Br/c1-21-14-22(2)17-25(16-21)27-10-6-12-31-29-8-4-5-9-30(29)32-13-7-11-28(34(32)33(27)31)26-18-23(3)15-24(19-26)20-35/h4-19H,20H2,1-3H3. The fourth-order valence-corrected chi connectivity index (χ4v) is 6.08. The summed E-state index contributed by atoms with van der Waals surface area (Å²) >= 11 is 3.68. The normalized spacial score (nSPS) is 11.5. The molecule has 0 aliphatic carbocycles. The van der Waals surface area contributed by atoms with Crippen molar-refractivity contribution >= 4 is 48.2 Å². The second-order valence-corrected chi connectivity index (χ2v) is 10.3. The zero-order valence-electron chi connectivity index (χ0n) is 20.3. The van der Waals surface area contributed by atoms with Gasteiger partial charge in [-0.25, -0.2) is 0 Å². The lowest BCUT2D eigenvalue weighted by molar-refractivity contribution is 1.37. The molecule has 0 fully saturated rings. The van der Waals surface area contributed by atoms with Crippen LogP contribution in [0.1, 0.15) is 22.3 Å². The van der Waals surface area contributed by atoms with Crippen molar-refractivity contribution in [3.8, 4) is 22.3 Å². The number of hydrogen-bond donors (Lipinski definition) is 0. The molecule has 0 amide bonds. The highest BCUT2D eigenvalue weighted by Crippen LogP contribution is 2.44. The summed E-state index contributed by atoms with van der Waals surface area (Å²) in [6, 6.07) is 36.3. The van der Waals surface area contributed by atoms with Gasteiger partial charge in [0, 0.05) is 5.33 Å². The zero-order chi connectivity index (χ0) is 24.1. The number of rotatable bonds is 3. The quantitative estimate of drug-likeness (QED) is 0.162. The van der Waals surface area contributed by atoms with Crippen LogP contribution in [0.3, 0.4) is 0 Å². The Hall–Kier alpha value is -3.42. The predicted octanol–water partition coefficient (Wildman–Crippen LogP) is 10.3. The molecule has 0 nitrogen and oxygen atoms in total. The molecule has 0 aliphatic heterocycles. The van der Waals surface area contributed by atoms with E-state index in [-0.39, 0.29) is 0 Å². The summed E-state index contributed by atoms with van der Waals surface area (Å²) in [4.78, 5) is 0. The molecule has 0 aromatic heterocycles. The van der Waals surface area contributed by atoms with Gasteiger partial charge in [0.25, 0.3) is 0 Å². The molecule has 1 heteroatoms. The van der Waals surface area contributed by atoms with Crippen molar-refractivity contribution in [2.75, 3.05) is 0 Å². The van der Waals surface area contributed by atoms with E-state index in [0.717, 1.165) is 5.33 Å². The van der Waals surface area contributed by atoms with E-state index < -0.39 is 0 Å². The first-order valence-corrected chi connectivity index (χ1v) is 13.3. The monoisotopic (exact) mass is 514 g/mol. The minimum Gasteiger partial charge on any atom is -0.0876 e. The summed E-state index contributed by atoms with van der Waals surface area (Å²) in [5.41, 5.74) is 10.3. The number of alkyl halides is 1. The summed E-state index contributed by atoms with van der Waals surface area (Å²) in [6.45, 7) is 6.57. The van der Waals surface area contributed by atoms with Gasteiger partial charge in [-0.1, -0.05) is 130 Å². The molecule has 0 saturated carbocycles. The van der Waals surface area contributed by atoms with Crippen LogP contribution in [-0.2, 0) is 5.33 Å². The summed E-state index contributed by atoms with van der Waals surface area (Å²) in [5.74, 6) is 0. The van der Waals surface area contributed by atoms with E-state index in [1.165, 1.54) is 76.8 Å². The first-order valence-electron chi connectivity index (χ1n) is 12.2. The van der Waals surface area contributed by atoms with Gasteiger partial charge in [0.15, 0.2) is 0 Å². The second-order valence-electron chi connectivity index (χ2n) is 9.72. The smallest absolute Gasteiger partial charge is 0.0283 e. The summed E-state index contributed by atoms with van der Waals surface area (Å²) in [6.07, 6.45) is 0. The first kappa shape index (κ1) is 22.1. The molecule has 0 radical (unpaired) electrons. The number of benzene rings is 6. The molecule has 0 spiro atoms. The van der Waals surface area contributed by atoms with Gasteiger partial charge in [0.05, 0.1) is 0 Å². The number of halogens is 1. The maximum absolute atomic E-state index is 3.68. The van der Waals surface area contributed by atoms with E-state index in [2.05, 4.69) is 134 Å². The van der Waals surface area contributed by atoms with Gasteiger partial charge < -0.3 is 0 Å². The third-order valence-corrected chi connectivity index (χ3v) is 7.67. The van der Waals surface area contributed by atoms with Crippen LogP contribution in [0.4, 0.5) is 0 Å². The van der Waals surface area contributed by atoms with E-state index in [1.807, 2.05) is 0 Å². The van der Waals surface area contributed by atoms with Crippen LogP contribution in [0.15, 0.2) is 97.1 Å². The molecule has 0 unspecified atom stereocenters. The van der Waals surface area contributed by atoms with Crippen molar-refractivity contribution in [3.05, 3.63) is 119 Å². The van der Waals surface area contributed by atoms with Gasteiger partial charge in [-0.15, -0.1) is 0 Å². The molecule has 6 aromatic carbocycles. The Labute approximate surface area is 215 Å². The SMILES string of the molecule is Cc1cc(C)cc(-c2cccc3c4ccccc4c4cccc(-c5cc(C)cc(CBr)c5)c4c23)c1. The van der Waals surface area contributed by atoms with Gasteiger partial charge in [-0.2, -0.15) is 0 Å². The van der Waals surface area contributed by atoms with Gasteiger partial charge in [-0.05, 0) is 80.9 Å². The predicted molar refractivity (Wildman–Crippen MR) is 157 cm³/mol. The fourth-order valence-electron chi connectivity index (χ4n) is 5.75. The van der Waals surface area contributed by atoms with E-state index in [9.17, 15) is 0 Å². The van der Waals surface area contributed by atoms with Gasteiger partial charge >= 0.3 is 0 Å². The Morgan fingerprint density at radius 1 is 0.486 bits per heavy atom. The minimum absolute atomic E-state index is 0.851. The van der Waals surface area contributed by atoms with Crippen LogP contribution in [0, 0.1) is 20.8 Å². The van der Waals surface area contributed by atoms with E-state index in [0.29, 0.717) is 0 Å². The van der Waals surface area contributed by atoms with E-state index in [4.69, 9.17) is 0 Å². The maximum atomic E-state index is 3.68. The van der Waals surface area contributed by atoms with Crippen LogP contribution in [0.5, 0.6) is 0 Å². The highest BCUT2D eigenvalue weighted by Gasteiger charge is 2.17. The molecule has 35 heavy (non-hydrogen) atoms. The van der Waals surface area contributed by atoms with Crippen LogP contribution in [0.2, 0.25) is 0 Å². The van der Waals surface area contributed by atoms with Crippen molar-refractivity contribution in [1.29, 1.82) is 0 Å². The second kappa shape index (κ2) is 8.66. The van der Waals surface area contributed by atoms with Crippen molar-refractivity contribution in [1.82, 2.24) is 0 Å². The summed E-state index contributed by atoms with van der Waals surface area (Å²) in [7, 11) is 0. The highest BCUT2D eigenvalue weighted by molar-refractivity contribution is 9.08. The minimum atomic E-state index is 0.851. The van der Waals surface area contributed by atoms with Crippen LogP contribution < -0.4 is 0 Å². The van der Waals surface area contributed by atoms with E-state index >= 15 is 0 Å². The summed E-state index contributed by atoms with van der Waals surface area (Å²) in [5, 5.41) is 8.76. The van der Waals surface area contributed by atoms with Gasteiger partial charge in [0.2, 0.25) is 0 Å². The first-order chi connectivity index (χ1) is 17.0. The lowest BCUT2D eigenvalue weighted by atomic mass is 9.85. The van der Waals surface area contributed by atoms with Crippen molar-refractivity contribution in [3.63, 3.8) is 0 Å². The Kier molecular flexibility index (Phi) is 5.46. The molecular weight excluding hydrogens is 488 g/mol. The largest absolute Gasteiger partial charge is 0.0876 e. The van der Waals surface area contributed by atoms with Crippen molar-refractivity contribution < 1.29 is 0 Å². The molecule has 0 saturated heterocycles. The molecule has 0 heterocycles. The third kappa shape index (κ3) is 3.75. The maximum Gasteiger partial charge on any atom is 0.0283 e. The average molecular weight is 515 g/mol. The third-order valence-electron chi connectivity index (χ3n) is 7.02. The van der Waals surface area contributed by atoms with E-state index in [1.54, 1.807) is 0 Å². The lowest BCUT2D eigenvalue weighted by Crippen LogP contribution is -1.92. The number of fused-ring (bicyclic) bond motifs is 6. The Morgan fingerprint density at radius 3 is 1.46 bits per heavy atom. The molecule has 0 N–H and O–H groups in total. The molecular formula is C34H27Br. The van der Waals surface area contributed by atoms with Crippen LogP contribution >= 0.6 is 15.9 Å². The molecule has 0 aliphatic rings. The topological polar surface area (TPSA) is 0 Å². The Balaban J connectivity index is 1.86. The van der Waals surface area contributed by atoms with Crippen molar-refractivity contribution in [2.45, 2.75) is 26.1 Å². The lowest BCUT2D eigenvalue weighted by Gasteiger charge is -2.18. The highest BCUT2D eigenvalue weighted by atomic mass is 79.9. The van der Waals surface area contributed by atoms with Crippen LogP contribution in [0.25, 0.3) is 54.6 Å². The Morgan fingerprint density at radius 2 is 0.943 bits per heavy atom. The summed E-state index contributed by atoms with van der Waals surface area (Å²) < 4.78 is 0. The number of hydrogen-bond acceptors (Lipinski definition) is 0. The van der Waals surface area contributed by atoms with Gasteiger partial charge in [0.1, 0.15) is 0 Å². The molecule has 170 valence electrons. The number of aryl methyl sites for hydroxylation is 3. The molecule has 6 aromatic rings.